The summed E-state index contributed by atoms with van der Waals surface area (Å²) in [5.41, 5.74) is 0.995. The van der Waals surface area contributed by atoms with Crippen LogP contribution >= 0.6 is 0 Å². The molecule has 1 aliphatic rings. The van der Waals surface area contributed by atoms with Crippen LogP contribution in [0.2, 0.25) is 0 Å². The predicted molar refractivity (Wildman–Crippen MR) is 102 cm³/mol. The molecule has 2 aromatic carbocycles. The van der Waals surface area contributed by atoms with E-state index in [1.165, 1.54) is 6.07 Å². The van der Waals surface area contributed by atoms with Gasteiger partial charge in [0.25, 0.3) is 0 Å². The summed E-state index contributed by atoms with van der Waals surface area (Å²) < 4.78 is 5.36. The van der Waals surface area contributed by atoms with E-state index >= 15 is 0 Å². The molecular formula is C22H24O5. The van der Waals surface area contributed by atoms with E-state index in [0.717, 1.165) is 32.1 Å². The van der Waals surface area contributed by atoms with Crippen molar-refractivity contribution >= 4 is 11.8 Å². The zero-order chi connectivity index (χ0) is 19.4. The molecule has 3 rings (SSSR count). The molecule has 0 aromatic heterocycles. The fourth-order valence-corrected chi connectivity index (χ4v) is 3.82. The van der Waals surface area contributed by atoms with E-state index in [0.29, 0.717) is 11.1 Å². The van der Waals surface area contributed by atoms with Crippen LogP contribution < -0.4 is 4.74 Å². The van der Waals surface area contributed by atoms with Crippen molar-refractivity contribution in [2.45, 2.75) is 44.4 Å². The van der Waals surface area contributed by atoms with Gasteiger partial charge in [0.2, 0.25) is 0 Å². The minimum atomic E-state index is -1.09. The lowest BCUT2D eigenvalue weighted by Gasteiger charge is -2.35. The van der Waals surface area contributed by atoms with E-state index in [1.54, 1.807) is 30.3 Å². The molecular weight excluding hydrogens is 344 g/mol. The molecule has 27 heavy (non-hydrogen) atoms. The fourth-order valence-electron chi connectivity index (χ4n) is 3.82. The SMILES string of the molecule is CC1(c2cc(OCC(=O)O)cc(C(=O)c3ccccc3)c2O)CCCCC1. The molecule has 1 saturated carbocycles. The van der Waals surface area contributed by atoms with Crippen molar-refractivity contribution < 1.29 is 24.5 Å². The molecule has 0 heterocycles. The monoisotopic (exact) mass is 368 g/mol. The van der Waals surface area contributed by atoms with Crippen LogP contribution in [0.1, 0.15) is 60.5 Å². The Kier molecular flexibility index (Phi) is 5.49. The van der Waals surface area contributed by atoms with Crippen molar-refractivity contribution in [3.05, 3.63) is 59.2 Å². The van der Waals surface area contributed by atoms with E-state index < -0.39 is 12.6 Å². The maximum atomic E-state index is 13.0. The molecule has 0 unspecified atom stereocenters. The third-order valence-electron chi connectivity index (χ3n) is 5.33. The number of aromatic hydroxyl groups is 1. The summed E-state index contributed by atoms with van der Waals surface area (Å²) in [6, 6.07) is 11.8. The van der Waals surface area contributed by atoms with E-state index in [-0.39, 0.29) is 28.3 Å². The van der Waals surface area contributed by atoms with Gasteiger partial charge < -0.3 is 14.9 Å². The second-order valence-electron chi connectivity index (χ2n) is 7.37. The zero-order valence-corrected chi connectivity index (χ0v) is 15.4. The van der Waals surface area contributed by atoms with E-state index in [4.69, 9.17) is 9.84 Å². The van der Waals surface area contributed by atoms with Gasteiger partial charge in [0.05, 0.1) is 5.56 Å². The lowest BCUT2D eigenvalue weighted by molar-refractivity contribution is -0.139. The molecule has 0 aliphatic heterocycles. The first-order valence-corrected chi connectivity index (χ1v) is 9.22. The number of rotatable bonds is 6. The maximum Gasteiger partial charge on any atom is 0.341 e. The molecule has 0 bridgehead atoms. The highest BCUT2D eigenvalue weighted by Crippen LogP contribution is 2.45. The topological polar surface area (TPSA) is 83.8 Å². The molecule has 1 fully saturated rings. The largest absolute Gasteiger partial charge is 0.507 e. The van der Waals surface area contributed by atoms with Crippen molar-refractivity contribution in [3.8, 4) is 11.5 Å². The van der Waals surface area contributed by atoms with Crippen LogP contribution in [0.3, 0.4) is 0 Å². The first kappa shape index (κ1) is 19.0. The number of hydrogen-bond donors (Lipinski definition) is 2. The highest BCUT2D eigenvalue weighted by Gasteiger charge is 2.33. The third kappa shape index (κ3) is 4.13. The molecule has 0 amide bonds. The van der Waals surface area contributed by atoms with Gasteiger partial charge in [0.1, 0.15) is 11.5 Å². The summed E-state index contributed by atoms with van der Waals surface area (Å²) in [6.45, 7) is 1.58. The lowest BCUT2D eigenvalue weighted by atomic mass is 9.70. The van der Waals surface area contributed by atoms with Crippen LogP contribution in [0, 0.1) is 0 Å². The Morgan fingerprint density at radius 2 is 1.74 bits per heavy atom. The molecule has 142 valence electrons. The first-order valence-electron chi connectivity index (χ1n) is 9.22. The van der Waals surface area contributed by atoms with Crippen molar-refractivity contribution in [3.63, 3.8) is 0 Å². The molecule has 0 saturated heterocycles. The average molecular weight is 368 g/mol. The number of carboxylic acid groups (broad SMARTS) is 1. The Hall–Kier alpha value is -2.82. The van der Waals surface area contributed by atoms with Crippen LogP contribution in [0.15, 0.2) is 42.5 Å². The minimum absolute atomic E-state index is 0.0315. The summed E-state index contributed by atoms with van der Waals surface area (Å²) in [7, 11) is 0. The van der Waals surface area contributed by atoms with Gasteiger partial charge in [-0.25, -0.2) is 4.79 Å². The smallest absolute Gasteiger partial charge is 0.341 e. The van der Waals surface area contributed by atoms with Gasteiger partial charge in [-0.15, -0.1) is 0 Å². The normalized spacial score (nSPS) is 15.9. The van der Waals surface area contributed by atoms with Gasteiger partial charge >= 0.3 is 5.97 Å². The van der Waals surface area contributed by atoms with Crippen LogP contribution in [-0.4, -0.2) is 28.6 Å². The molecule has 2 aromatic rings. The number of phenols is 1. The Bertz CT molecular complexity index is 835. The van der Waals surface area contributed by atoms with Gasteiger partial charge in [0, 0.05) is 11.1 Å². The minimum Gasteiger partial charge on any atom is -0.507 e. The van der Waals surface area contributed by atoms with Crippen molar-refractivity contribution in [1.29, 1.82) is 0 Å². The van der Waals surface area contributed by atoms with Gasteiger partial charge in [0.15, 0.2) is 12.4 Å². The van der Waals surface area contributed by atoms with E-state index in [1.807, 2.05) is 6.07 Å². The highest BCUT2D eigenvalue weighted by atomic mass is 16.5. The molecule has 0 radical (unpaired) electrons. The van der Waals surface area contributed by atoms with E-state index in [9.17, 15) is 14.7 Å². The lowest BCUT2D eigenvalue weighted by Crippen LogP contribution is -2.26. The maximum absolute atomic E-state index is 13.0. The van der Waals surface area contributed by atoms with Crippen molar-refractivity contribution in [2.24, 2.45) is 0 Å². The number of carbonyl (C=O) groups is 2. The molecule has 0 spiro atoms. The second-order valence-corrected chi connectivity index (χ2v) is 7.37. The number of carbonyl (C=O) groups excluding carboxylic acids is 1. The first-order chi connectivity index (χ1) is 12.9. The molecule has 5 heteroatoms. The van der Waals surface area contributed by atoms with Crippen molar-refractivity contribution in [2.75, 3.05) is 6.61 Å². The van der Waals surface area contributed by atoms with Crippen LogP contribution in [-0.2, 0) is 10.2 Å². The Labute approximate surface area is 158 Å². The van der Waals surface area contributed by atoms with Gasteiger partial charge in [-0.3, -0.25) is 4.79 Å². The van der Waals surface area contributed by atoms with Crippen LogP contribution in [0.4, 0.5) is 0 Å². The third-order valence-corrected chi connectivity index (χ3v) is 5.33. The number of aliphatic carboxylic acids is 1. The molecule has 5 nitrogen and oxygen atoms in total. The number of benzene rings is 2. The summed E-state index contributed by atoms with van der Waals surface area (Å²) in [4.78, 5) is 23.9. The summed E-state index contributed by atoms with van der Waals surface area (Å²) in [6.07, 6.45) is 5.07. The van der Waals surface area contributed by atoms with Gasteiger partial charge in [-0.1, -0.05) is 56.5 Å². The summed E-state index contributed by atoms with van der Waals surface area (Å²) in [5, 5.41) is 19.9. The number of hydrogen-bond acceptors (Lipinski definition) is 4. The molecule has 2 N–H and O–H groups in total. The predicted octanol–water partition coefficient (Wildman–Crippen LogP) is 4.31. The Morgan fingerprint density at radius 3 is 2.37 bits per heavy atom. The number of carboxylic acids is 1. The van der Waals surface area contributed by atoms with E-state index in [2.05, 4.69) is 6.92 Å². The van der Waals surface area contributed by atoms with Crippen LogP contribution in [0.25, 0.3) is 0 Å². The Morgan fingerprint density at radius 1 is 1.07 bits per heavy atom. The van der Waals surface area contributed by atoms with Crippen LogP contribution in [0.5, 0.6) is 11.5 Å². The second kappa shape index (κ2) is 7.82. The quantitative estimate of drug-likeness (QED) is 0.743. The molecule has 0 atom stereocenters. The fraction of sp³-hybridized carbons (Fsp3) is 0.364. The summed E-state index contributed by atoms with van der Waals surface area (Å²) >= 11 is 0. The van der Waals surface area contributed by atoms with Gasteiger partial charge in [-0.2, -0.15) is 0 Å². The van der Waals surface area contributed by atoms with Crippen molar-refractivity contribution in [1.82, 2.24) is 0 Å². The average Bonchev–Trinajstić information content (AvgIpc) is 2.67. The molecule has 1 aliphatic carbocycles. The summed E-state index contributed by atoms with van der Waals surface area (Å²) in [5.74, 6) is -1.15. The van der Waals surface area contributed by atoms with Gasteiger partial charge in [-0.05, 0) is 30.4 Å². The zero-order valence-electron chi connectivity index (χ0n) is 15.4. The Balaban J connectivity index is 2.08. The number of ketones is 1. The number of phenolic OH excluding ortho intramolecular Hbond substituents is 1. The standard InChI is InChI=1S/C22H24O5/c1-22(10-6-3-7-11-22)18-13-16(27-14-19(23)24)12-17(21(18)26)20(25)15-8-4-2-5-9-15/h2,4-5,8-9,12-13,26H,3,6-7,10-11,14H2,1H3,(H,23,24). The highest BCUT2D eigenvalue weighted by molar-refractivity contribution is 6.11. The number of ether oxygens (including phenoxy) is 1.